The molecule has 2 rings (SSSR count). The topological polar surface area (TPSA) is 26.3 Å². The molecule has 0 radical (unpaired) electrons. The number of esters is 1. The molecule has 0 aliphatic heterocycles. The summed E-state index contributed by atoms with van der Waals surface area (Å²) in [5.74, 6) is 0.449. The zero-order chi connectivity index (χ0) is 9.64. The molecule has 13 heavy (non-hydrogen) atoms. The average Bonchev–Trinajstić information content (AvgIpc) is 2.88. The quantitative estimate of drug-likeness (QED) is 0.456. The lowest BCUT2D eigenvalue weighted by Crippen LogP contribution is -2.21. The van der Waals surface area contributed by atoms with Gasteiger partial charge in [0.2, 0.25) is 0 Å². The maximum absolute atomic E-state index is 11.4. The van der Waals surface area contributed by atoms with Crippen LogP contribution in [0.1, 0.15) is 26.2 Å². The first-order chi connectivity index (χ1) is 6.12. The van der Waals surface area contributed by atoms with Crippen LogP contribution in [0, 0.1) is 17.3 Å². The van der Waals surface area contributed by atoms with Crippen molar-refractivity contribution in [1.82, 2.24) is 0 Å². The number of hydrogen-bond donors (Lipinski definition) is 0. The second-order valence-electron chi connectivity index (χ2n) is 4.38. The van der Waals surface area contributed by atoms with Crippen molar-refractivity contribution in [2.45, 2.75) is 26.2 Å². The Balaban J connectivity index is 2.18. The van der Waals surface area contributed by atoms with Crippen molar-refractivity contribution in [2.75, 3.05) is 7.11 Å². The van der Waals surface area contributed by atoms with Crippen LogP contribution in [0.5, 0.6) is 0 Å². The van der Waals surface area contributed by atoms with Crippen molar-refractivity contribution >= 4 is 5.97 Å². The highest BCUT2D eigenvalue weighted by Gasteiger charge is 2.58. The molecule has 0 bridgehead atoms. The number of hydrogen-bond acceptors (Lipinski definition) is 2. The molecule has 0 aromatic rings. The summed E-state index contributed by atoms with van der Waals surface area (Å²) >= 11 is 0. The summed E-state index contributed by atoms with van der Waals surface area (Å²) in [4.78, 5) is 11.4. The number of methoxy groups -OCH3 is 1. The molecule has 2 nitrogen and oxygen atoms in total. The molecule has 0 heterocycles. The van der Waals surface area contributed by atoms with E-state index in [0.29, 0.717) is 11.3 Å². The molecule has 2 fully saturated rings. The van der Waals surface area contributed by atoms with Crippen LogP contribution in [0.15, 0.2) is 12.2 Å². The molecule has 0 aromatic carbocycles. The van der Waals surface area contributed by atoms with E-state index in [-0.39, 0.29) is 11.9 Å². The van der Waals surface area contributed by atoms with Crippen LogP contribution in [0.2, 0.25) is 0 Å². The van der Waals surface area contributed by atoms with Gasteiger partial charge in [-0.15, -0.1) is 0 Å². The molecule has 1 spiro atoms. The van der Waals surface area contributed by atoms with Crippen molar-refractivity contribution in [1.29, 1.82) is 0 Å². The van der Waals surface area contributed by atoms with Crippen molar-refractivity contribution in [2.24, 2.45) is 17.3 Å². The normalized spacial score (nSPS) is 35.1. The molecule has 72 valence electrons. The van der Waals surface area contributed by atoms with E-state index in [2.05, 4.69) is 13.5 Å². The highest BCUT2D eigenvalue weighted by Crippen LogP contribution is 2.65. The molecular weight excluding hydrogens is 164 g/mol. The van der Waals surface area contributed by atoms with Gasteiger partial charge in [-0.2, -0.15) is 0 Å². The summed E-state index contributed by atoms with van der Waals surface area (Å²) in [6.07, 6.45) is 3.29. The summed E-state index contributed by atoms with van der Waals surface area (Å²) in [6, 6.07) is 0. The van der Waals surface area contributed by atoms with Crippen LogP contribution in [-0.2, 0) is 9.53 Å². The van der Waals surface area contributed by atoms with Gasteiger partial charge in [-0.3, -0.25) is 4.79 Å². The first-order valence-electron chi connectivity index (χ1n) is 4.88. The first-order valence-corrected chi connectivity index (χ1v) is 4.88. The van der Waals surface area contributed by atoms with E-state index < -0.39 is 0 Å². The third kappa shape index (κ3) is 1.04. The van der Waals surface area contributed by atoms with E-state index >= 15 is 0 Å². The molecule has 2 heteroatoms. The van der Waals surface area contributed by atoms with E-state index in [1.807, 2.05) is 0 Å². The molecule has 0 amide bonds. The minimum Gasteiger partial charge on any atom is -0.469 e. The second kappa shape index (κ2) is 2.60. The van der Waals surface area contributed by atoms with Gasteiger partial charge >= 0.3 is 5.97 Å². The maximum Gasteiger partial charge on any atom is 0.309 e. The zero-order valence-corrected chi connectivity index (χ0v) is 8.30. The van der Waals surface area contributed by atoms with E-state index in [9.17, 15) is 4.79 Å². The zero-order valence-electron chi connectivity index (χ0n) is 8.30. The number of rotatable bonds is 1. The molecule has 0 aromatic heterocycles. The van der Waals surface area contributed by atoms with Crippen LogP contribution < -0.4 is 0 Å². The maximum atomic E-state index is 11.4. The van der Waals surface area contributed by atoms with Crippen LogP contribution in [0.3, 0.4) is 0 Å². The van der Waals surface area contributed by atoms with Gasteiger partial charge < -0.3 is 4.74 Å². The van der Waals surface area contributed by atoms with E-state index in [1.165, 1.54) is 25.5 Å². The molecule has 0 N–H and O–H groups in total. The molecule has 2 aliphatic rings. The Morgan fingerprint density at radius 1 is 1.62 bits per heavy atom. The minimum absolute atomic E-state index is 0.0579. The number of allylic oxidation sites excluding steroid dienone is 1. The average molecular weight is 180 g/mol. The predicted octanol–water partition coefficient (Wildman–Crippen LogP) is 2.15. The van der Waals surface area contributed by atoms with Gasteiger partial charge in [0.15, 0.2) is 0 Å². The van der Waals surface area contributed by atoms with E-state index in [1.54, 1.807) is 0 Å². The number of carbonyl (C=O) groups excluding carboxylic acids is 1. The Morgan fingerprint density at radius 2 is 2.23 bits per heavy atom. The Labute approximate surface area is 79.0 Å². The number of carbonyl (C=O) groups is 1. The fourth-order valence-corrected chi connectivity index (χ4v) is 2.73. The highest BCUT2D eigenvalue weighted by molar-refractivity contribution is 5.74. The van der Waals surface area contributed by atoms with Gasteiger partial charge in [0, 0.05) is 0 Å². The van der Waals surface area contributed by atoms with Crippen molar-refractivity contribution in [3.63, 3.8) is 0 Å². The molecule has 0 saturated heterocycles. The van der Waals surface area contributed by atoms with Crippen molar-refractivity contribution in [3.05, 3.63) is 12.2 Å². The Morgan fingerprint density at radius 3 is 2.62 bits per heavy atom. The SMILES string of the molecule is C=C1C[C@@H](C(=O)OC)[C@H](C)C12CC2. The Bertz CT molecular complexity index is 263. The van der Waals surface area contributed by atoms with Crippen LogP contribution >= 0.6 is 0 Å². The highest BCUT2D eigenvalue weighted by atomic mass is 16.5. The van der Waals surface area contributed by atoms with Crippen molar-refractivity contribution < 1.29 is 9.53 Å². The largest absolute Gasteiger partial charge is 0.469 e. The molecule has 2 atom stereocenters. The molecule has 0 unspecified atom stereocenters. The lowest BCUT2D eigenvalue weighted by Gasteiger charge is -2.17. The van der Waals surface area contributed by atoms with Crippen molar-refractivity contribution in [3.8, 4) is 0 Å². The molecule has 2 saturated carbocycles. The fraction of sp³-hybridized carbons (Fsp3) is 0.727. The van der Waals surface area contributed by atoms with Gasteiger partial charge in [0.1, 0.15) is 0 Å². The monoisotopic (exact) mass is 180 g/mol. The minimum atomic E-state index is -0.0579. The van der Waals surface area contributed by atoms with Gasteiger partial charge in [-0.25, -0.2) is 0 Å². The van der Waals surface area contributed by atoms with Crippen LogP contribution in [0.4, 0.5) is 0 Å². The summed E-state index contributed by atoms with van der Waals surface area (Å²) in [7, 11) is 1.47. The number of ether oxygens (including phenoxy) is 1. The lowest BCUT2D eigenvalue weighted by molar-refractivity contribution is -0.146. The summed E-state index contributed by atoms with van der Waals surface area (Å²) in [6.45, 7) is 6.24. The van der Waals surface area contributed by atoms with Gasteiger partial charge in [0.25, 0.3) is 0 Å². The standard InChI is InChI=1S/C11H16O2/c1-7-6-9(10(12)13-3)8(2)11(7)4-5-11/h8-9H,1,4-6H2,2-3H3/t8-,9+/m0/s1. The summed E-state index contributed by atoms with van der Waals surface area (Å²) < 4.78 is 4.79. The predicted molar refractivity (Wildman–Crippen MR) is 50.1 cm³/mol. The van der Waals surface area contributed by atoms with Gasteiger partial charge in [-0.05, 0) is 30.6 Å². The molecule has 2 aliphatic carbocycles. The smallest absolute Gasteiger partial charge is 0.309 e. The Hall–Kier alpha value is -0.790. The Kier molecular flexibility index (Phi) is 1.76. The third-order valence-electron chi connectivity index (χ3n) is 3.94. The third-order valence-corrected chi connectivity index (χ3v) is 3.94. The van der Waals surface area contributed by atoms with Gasteiger partial charge in [-0.1, -0.05) is 19.1 Å². The van der Waals surface area contributed by atoms with Crippen LogP contribution in [-0.4, -0.2) is 13.1 Å². The lowest BCUT2D eigenvalue weighted by atomic mass is 9.88. The first kappa shape index (κ1) is 8.79. The van der Waals surface area contributed by atoms with E-state index in [0.717, 1.165) is 6.42 Å². The fourth-order valence-electron chi connectivity index (χ4n) is 2.73. The summed E-state index contributed by atoms with van der Waals surface area (Å²) in [5, 5.41) is 0. The summed E-state index contributed by atoms with van der Waals surface area (Å²) in [5.41, 5.74) is 1.59. The van der Waals surface area contributed by atoms with Crippen LogP contribution in [0.25, 0.3) is 0 Å². The van der Waals surface area contributed by atoms with E-state index in [4.69, 9.17) is 4.74 Å². The molecular formula is C11H16O2. The second-order valence-corrected chi connectivity index (χ2v) is 4.38. The van der Waals surface area contributed by atoms with Gasteiger partial charge in [0.05, 0.1) is 13.0 Å².